The van der Waals surface area contributed by atoms with Crippen molar-refractivity contribution in [1.29, 1.82) is 0 Å². The van der Waals surface area contributed by atoms with E-state index in [1.807, 2.05) is 72.8 Å². The lowest BCUT2D eigenvalue weighted by molar-refractivity contribution is -0.145. The van der Waals surface area contributed by atoms with Crippen LogP contribution in [0.1, 0.15) is 35.6 Å². The number of carbonyl (C=O) groups excluding carboxylic acids is 4. The van der Waals surface area contributed by atoms with Crippen LogP contribution in [0, 0.1) is 0 Å². The Balaban J connectivity index is 1.54. The van der Waals surface area contributed by atoms with Gasteiger partial charge in [-0.3, -0.25) is 14.4 Å². The molecular formula is C34H36N4O5. The lowest BCUT2D eigenvalue weighted by atomic mass is 9.96. The van der Waals surface area contributed by atoms with E-state index in [-0.39, 0.29) is 30.6 Å². The van der Waals surface area contributed by atoms with E-state index in [1.54, 1.807) is 0 Å². The van der Waals surface area contributed by atoms with Crippen molar-refractivity contribution in [2.24, 2.45) is 0 Å². The zero-order valence-corrected chi connectivity index (χ0v) is 24.4. The van der Waals surface area contributed by atoms with Gasteiger partial charge in [0.2, 0.25) is 17.7 Å². The van der Waals surface area contributed by atoms with E-state index in [0.29, 0.717) is 25.8 Å². The molecule has 0 unspecified atom stereocenters. The van der Waals surface area contributed by atoms with Crippen LogP contribution < -0.4 is 16.0 Å². The number of amides is 3. The van der Waals surface area contributed by atoms with Gasteiger partial charge in [0.1, 0.15) is 12.1 Å². The average Bonchev–Trinajstić information content (AvgIpc) is 3.37. The van der Waals surface area contributed by atoms with Gasteiger partial charge in [-0.2, -0.15) is 0 Å². The van der Waals surface area contributed by atoms with Crippen LogP contribution in [-0.4, -0.2) is 54.4 Å². The first-order valence-electron chi connectivity index (χ1n) is 14.5. The molecule has 3 amide bonds. The Morgan fingerprint density at radius 1 is 0.860 bits per heavy atom. The van der Waals surface area contributed by atoms with Gasteiger partial charge in [-0.25, -0.2) is 4.79 Å². The lowest BCUT2D eigenvalue weighted by Gasteiger charge is -2.19. The first kappa shape index (κ1) is 29.6. The van der Waals surface area contributed by atoms with Crippen LogP contribution in [-0.2, 0) is 49.6 Å². The zero-order valence-electron chi connectivity index (χ0n) is 24.4. The van der Waals surface area contributed by atoms with Crippen LogP contribution in [0.2, 0.25) is 0 Å². The number of aromatic amines is 1. The number of nitrogens with one attached hydrogen (secondary N) is 4. The highest BCUT2D eigenvalue weighted by molar-refractivity contribution is 5.93. The molecule has 0 fully saturated rings. The van der Waals surface area contributed by atoms with Crippen molar-refractivity contribution in [3.8, 4) is 11.3 Å². The molecule has 2 aliphatic rings. The second-order valence-electron chi connectivity index (χ2n) is 10.8. The van der Waals surface area contributed by atoms with Gasteiger partial charge in [-0.15, -0.1) is 0 Å². The van der Waals surface area contributed by atoms with Crippen molar-refractivity contribution in [3.05, 3.63) is 95.1 Å². The van der Waals surface area contributed by atoms with E-state index in [4.69, 9.17) is 4.74 Å². The fraction of sp³-hybridized carbons (Fsp3) is 0.294. The molecule has 0 radical (unpaired) electrons. The number of H-pyrrole nitrogens is 1. The second kappa shape index (κ2) is 13.4. The lowest BCUT2D eigenvalue weighted by Crippen LogP contribution is -2.47. The molecule has 2 bridgehead atoms. The number of aromatic nitrogens is 1. The molecular weight excluding hydrogens is 544 g/mol. The number of hydrogen-bond acceptors (Lipinski definition) is 5. The molecule has 0 saturated heterocycles. The molecule has 0 saturated carbocycles. The highest BCUT2D eigenvalue weighted by Crippen LogP contribution is 2.32. The maximum atomic E-state index is 13.2. The Labute approximate surface area is 250 Å². The van der Waals surface area contributed by atoms with E-state index in [0.717, 1.165) is 44.4 Å². The number of ether oxygens (including phenoxy) is 1. The van der Waals surface area contributed by atoms with E-state index in [9.17, 15) is 19.2 Å². The molecule has 6 rings (SSSR count). The molecule has 3 heterocycles. The highest BCUT2D eigenvalue weighted by Gasteiger charge is 2.26. The van der Waals surface area contributed by atoms with Crippen molar-refractivity contribution in [2.75, 3.05) is 13.7 Å². The molecule has 222 valence electrons. The fourth-order valence-corrected chi connectivity index (χ4v) is 5.70. The number of methoxy groups -OCH3 is 1. The van der Waals surface area contributed by atoms with Gasteiger partial charge in [-0.05, 0) is 46.7 Å². The van der Waals surface area contributed by atoms with Crippen molar-refractivity contribution >= 4 is 34.6 Å². The van der Waals surface area contributed by atoms with Gasteiger partial charge >= 0.3 is 5.97 Å². The Morgan fingerprint density at radius 3 is 2.28 bits per heavy atom. The van der Waals surface area contributed by atoms with E-state index in [1.165, 1.54) is 14.0 Å². The zero-order chi connectivity index (χ0) is 30.3. The number of para-hydroxylation sites is 1. The van der Waals surface area contributed by atoms with Gasteiger partial charge in [0.15, 0.2) is 0 Å². The fourth-order valence-electron chi connectivity index (χ4n) is 5.70. The molecule has 4 aromatic rings. The molecule has 2 atom stereocenters. The normalized spacial score (nSPS) is 18.1. The standard InChI is InChI=1S/C34H36N4O5/c1-21(39)36-29-19-22-11-13-25(14-12-22)32-27(26-9-5-6-10-28(26)38-32)20-30(34(42)43-2)37-31(40)16-15-23-7-3-4-8-24(23)17-18-35-33(29)41/h3-14,29-30,38H,15-20H2,1-2H3,(H,35,41)(H,36,39)(H,37,40)/t29-,30+/m0/s1. The molecule has 3 aromatic carbocycles. The van der Waals surface area contributed by atoms with Crippen LogP contribution in [0.3, 0.4) is 0 Å². The molecule has 4 N–H and O–H groups in total. The minimum atomic E-state index is -0.871. The first-order chi connectivity index (χ1) is 20.8. The van der Waals surface area contributed by atoms with Gasteiger partial charge in [0, 0.05) is 49.3 Å². The molecule has 0 aliphatic carbocycles. The van der Waals surface area contributed by atoms with Gasteiger partial charge in [0.25, 0.3) is 0 Å². The predicted molar refractivity (Wildman–Crippen MR) is 164 cm³/mol. The van der Waals surface area contributed by atoms with Crippen molar-refractivity contribution in [2.45, 2.75) is 51.1 Å². The highest BCUT2D eigenvalue weighted by atomic mass is 16.5. The molecule has 9 heteroatoms. The summed E-state index contributed by atoms with van der Waals surface area (Å²) in [5.41, 5.74) is 6.40. The smallest absolute Gasteiger partial charge is 0.328 e. The van der Waals surface area contributed by atoms with Gasteiger partial charge < -0.3 is 25.7 Å². The van der Waals surface area contributed by atoms with Crippen LogP contribution >= 0.6 is 0 Å². The Hall–Kier alpha value is -4.92. The molecule has 9 nitrogen and oxygen atoms in total. The van der Waals surface area contributed by atoms with Crippen LogP contribution in [0.25, 0.3) is 22.2 Å². The van der Waals surface area contributed by atoms with Crippen LogP contribution in [0.5, 0.6) is 0 Å². The number of benzene rings is 3. The number of carbonyl (C=O) groups is 4. The number of fused-ring (bicyclic) bond motifs is 13. The number of rotatable bonds is 2. The average molecular weight is 581 g/mol. The Bertz CT molecular complexity index is 1640. The largest absolute Gasteiger partial charge is 0.467 e. The van der Waals surface area contributed by atoms with E-state index < -0.39 is 18.1 Å². The quantitative estimate of drug-likeness (QED) is 0.270. The third-order valence-electron chi connectivity index (χ3n) is 7.85. The first-order valence-corrected chi connectivity index (χ1v) is 14.5. The summed E-state index contributed by atoms with van der Waals surface area (Å²) in [5.74, 6) is -1.30. The van der Waals surface area contributed by atoms with Gasteiger partial charge in [-0.1, -0.05) is 66.7 Å². The van der Waals surface area contributed by atoms with Crippen molar-refractivity contribution in [3.63, 3.8) is 0 Å². The van der Waals surface area contributed by atoms with Gasteiger partial charge in [0.05, 0.1) is 7.11 Å². The van der Waals surface area contributed by atoms with Crippen molar-refractivity contribution < 1.29 is 23.9 Å². The minimum absolute atomic E-state index is 0.184. The maximum Gasteiger partial charge on any atom is 0.328 e. The second-order valence-corrected chi connectivity index (χ2v) is 10.8. The predicted octanol–water partition coefficient (Wildman–Crippen LogP) is 3.39. The topological polar surface area (TPSA) is 129 Å². The van der Waals surface area contributed by atoms with E-state index >= 15 is 0 Å². The summed E-state index contributed by atoms with van der Waals surface area (Å²) < 4.78 is 5.10. The summed E-state index contributed by atoms with van der Waals surface area (Å²) in [4.78, 5) is 54.7. The molecule has 43 heavy (non-hydrogen) atoms. The monoisotopic (exact) mass is 580 g/mol. The summed E-state index contributed by atoms with van der Waals surface area (Å²) in [6.45, 7) is 1.78. The summed E-state index contributed by atoms with van der Waals surface area (Å²) in [7, 11) is 1.32. The number of hydrogen-bond donors (Lipinski definition) is 4. The Morgan fingerprint density at radius 2 is 1.56 bits per heavy atom. The van der Waals surface area contributed by atoms with Crippen LogP contribution in [0.4, 0.5) is 0 Å². The summed E-state index contributed by atoms with van der Waals surface area (Å²) in [6.07, 6.45) is 1.80. The third kappa shape index (κ3) is 7.12. The van der Waals surface area contributed by atoms with Crippen LogP contribution in [0.15, 0.2) is 72.8 Å². The molecule has 0 spiro atoms. The van der Waals surface area contributed by atoms with Crippen molar-refractivity contribution in [1.82, 2.24) is 20.9 Å². The molecule has 2 aliphatic heterocycles. The number of esters is 1. The SMILES string of the molecule is COC(=O)[C@H]1Cc2c([nH]c3ccccc23)-c2ccc(cc2)C[C@H](NC(C)=O)C(=O)NCCc2ccccc2CCC(=O)N1. The Kier molecular flexibility index (Phi) is 9.20. The maximum absolute atomic E-state index is 13.2. The minimum Gasteiger partial charge on any atom is -0.467 e. The summed E-state index contributed by atoms with van der Waals surface area (Å²) >= 11 is 0. The summed E-state index contributed by atoms with van der Waals surface area (Å²) in [5, 5.41) is 9.62. The molecule has 1 aromatic heterocycles. The number of aryl methyl sites for hydroxylation is 1. The van der Waals surface area contributed by atoms with E-state index in [2.05, 4.69) is 20.9 Å². The third-order valence-corrected chi connectivity index (χ3v) is 7.85. The summed E-state index contributed by atoms with van der Waals surface area (Å²) in [6, 6.07) is 21.8.